The van der Waals surface area contributed by atoms with Gasteiger partial charge in [-0.05, 0) is 18.6 Å². The molecule has 0 saturated carbocycles. The van der Waals surface area contributed by atoms with Crippen molar-refractivity contribution in [1.29, 1.82) is 0 Å². The molecule has 2 rings (SSSR count). The molecule has 1 amide bonds. The SMILES string of the molecule is CCCCC(N)=O.c1cc2cc-2n1. The molecule has 0 unspecified atom stereocenters. The van der Waals surface area contributed by atoms with Crippen molar-refractivity contribution in [3.8, 4) is 11.3 Å². The van der Waals surface area contributed by atoms with E-state index in [1.165, 1.54) is 11.3 Å². The number of hydrogen-bond acceptors (Lipinski definition) is 2. The molecule has 1 aliphatic heterocycles. The van der Waals surface area contributed by atoms with Crippen molar-refractivity contribution in [2.24, 2.45) is 5.73 Å². The van der Waals surface area contributed by atoms with E-state index in [9.17, 15) is 4.79 Å². The van der Waals surface area contributed by atoms with Crippen molar-refractivity contribution >= 4 is 5.91 Å². The quantitative estimate of drug-likeness (QED) is 0.778. The fourth-order valence-corrected chi connectivity index (χ4v) is 0.905. The van der Waals surface area contributed by atoms with Crippen molar-refractivity contribution in [2.45, 2.75) is 26.2 Å². The predicted octanol–water partition coefficient (Wildman–Crippen LogP) is 1.72. The van der Waals surface area contributed by atoms with Crippen LogP contribution in [0.4, 0.5) is 0 Å². The normalized spacial score (nSPS) is 9.92. The largest absolute Gasteiger partial charge is 0.370 e. The number of hydrogen-bond donors (Lipinski definition) is 1. The number of unbranched alkanes of at least 4 members (excludes halogenated alkanes) is 1. The maximum atomic E-state index is 9.98. The summed E-state index contributed by atoms with van der Waals surface area (Å²) in [6.45, 7) is 2.03. The van der Waals surface area contributed by atoms with Crippen molar-refractivity contribution in [3.05, 3.63) is 18.3 Å². The minimum absolute atomic E-state index is 0.193. The molecule has 1 heterocycles. The second-order valence-corrected chi connectivity index (χ2v) is 3.00. The lowest BCUT2D eigenvalue weighted by molar-refractivity contribution is -0.118. The van der Waals surface area contributed by atoms with Gasteiger partial charge in [0.2, 0.25) is 5.91 Å². The molecule has 70 valence electrons. The van der Waals surface area contributed by atoms with E-state index in [-0.39, 0.29) is 5.91 Å². The highest BCUT2D eigenvalue weighted by molar-refractivity contribution is 5.75. The maximum absolute atomic E-state index is 9.98. The lowest BCUT2D eigenvalue weighted by atomic mass is 10.2. The van der Waals surface area contributed by atoms with Crippen LogP contribution >= 0.6 is 0 Å². The van der Waals surface area contributed by atoms with Gasteiger partial charge < -0.3 is 5.73 Å². The summed E-state index contributed by atoms with van der Waals surface area (Å²) in [5.74, 6) is -0.193. The molecule has 3 nitrogen and oxygen atoms in total. The smallest absolute Gasteiger partial charge is 0.217 e. The lowest BCUT2D eigenvalue weighted by Crippen LogP contribution is -2.09. The number of carbonyl (C=O) groups excluding carboxylic acids is 1. The summed E-state index contributed by atoms with van der Waals surface area (Å²) in [6, 6.07) is 4.06. The minimum atomic E-state index is -0.193. The molecule has 0 saturated heterocycles. The van der Waals surface area contributed by atoms with Crippen LogP contribution < -0.4 is 5.73 Å². The first kappa shape index (κ1) is 9.71. The number of rotatable bonds is 3. The van der Waals surface area contributed by atoms with Crippen LogP contribution in [0.1, 0.15) is 26.2 Å². The predicted molar refractivity (Wildman–Crippen MR) is 52.0 cm³/mol. The van der Waals surface area contributed by atoms with E-state index in [4.69, 9.17) is 5.73 Å². The molecule has 0 aromatic carbocycles. The van der Waals surface area contributed by atoms with Gasteiger partial charge in [0.05, 0.1) is 5.69 Å². The van der Waals surface area contributed by atoms with Crippen LogP contribution in [0.25, 0.3) is 11.3 Å². The number of nitrogens with zero attached hydrogens (tertiary/aromatic N) is 1. The Bertz CT molecular complexity index is 279. The van der Waals surface area contributed by atoms with E-state index in [0.717, 1.165) is 12.8 Å². The van der Waals surface area contributed by atoms with Gasteiger partial charge in [0.25, 0.3) is 0 Å². The van der Waals surface area contributed by atoms with Gasteiger partial charge in [-0.25, -0.2) is 0 Å². The summed E-state index contributed by atoms with van der Waals surface area (Å²) in [5, 5.41) is 0. The van der Waals surface area contributed by atoms with Crippen molar-refractivity contribution < 1.29 is 4.79 Å². The minimum Gasteiger partial charge on any atom is -0.370 e. The molecule has 0 atom stereocenters. The molecule has 0 radical (unpaired) electrons. The molecule has 1 aliphatic carbocycles. The average Bonchev–Trinajstić information content (AvgIpc) is 2.72. The summed E-state index contributed by atoms with van der Waals surface area (Å²) in [7, 11) is 0. The summed E-state index contributed by atoms with van der Waals surface area (Å²) < 4.78 is 0. The summed E-state index contributed by atoms with van der Waals surface area (Å²) in [6.07, 6.45) is 4.33. The first-order valence-corrected chi connectivity index (χ1v) is 4.48. The molecule has 2 aliphatic rings. The van der Waals surface area contributed by atoms with E-state index in [1.807, 2.05) is 19.2 Å². The van der Waals surface area contributed by atoms with E-state index in [0.29, 0.717) is 6.42 Å². The van der Waals surface area contributed by atoms with E-state index >= 15 is 0 Å². The van der Waals surface area contributed by atoms with Gasteiger partial charge in [-0.1, -0.05) is 13.3 Å². The number of amides is 1. The molecule has 13 heavy (non-hydrogen) atoms. The lowest BCUT2D eigenvalue weighted by Gasteiger charge is -1.86. The summed E-state index contributed by atoms with van der Waals surface area (Å²) in [4.78, 5) is 13.9. The molecular formula is C10H14N2O. The Kier molecular flexibility index (Phi) is 3.43. The van der Waals surface area contributed by atoms with Gasteiger partial charge in [0.15, 0.2) is 0 Å². The highest BCUT2D eigenvalue weighted by Gasteiger charge is 2.09. The van der Waals surface area contributed by atoms with E-state index < -0.39 is 0 Å². The number of fused-ring (bicyclic) bond motifs is 1. The third-order valence-corrected chi connectivity index (χ3v) is 1.75. The average molecular weight is 178 g/mol. The highest BCUT2D eigenvalue weighted by atomic mass is 16.1. The molecule has 0 bridgehead atoms. The Hall–Kier alpha value is -1.38. The number of primary amides is 1. The van der Waals surface area contributed by atoms with Crippen molar-refractivity contribution in [2.75, 3.05) is 0 Å². The van der Waals surface area contributed by atoms with Crippen LogP contribution in [0.2, 0.25) is 0 Å². The zero-order valence-corrected chi connectivity index (χ0v) is 7.79. The molecular weight excluding hydrogens is 164 g/mol. The Labute approximate surface area is 78.0 Å². The van der Waals surface area contributed by atoms with Gasteiger partial charge in [0.1, 0.15) is 0 Å². The number of carbonyl (C=O) groups is 1. The molecule has 0 spiro atoms. The fourth-order valence-electron chi connectivity index (χ4n) is 0.905. The maximum Gasteiger partial charge on any atom is 0.217 e. The van der Waals surface area contributed by atoms with E-state index in [2.05, 4.69) is 11.1 Å². The third-order valence-electron chi connectivity index (χ3n) is 1.75. The first-order valence-electron chi connectivity index (χ1n) is 4.48. The van der Waals surface area contributed by atoms with Gasteiger partial charge in [0, 0.05) is 18.2 Å². The van der Waals surface area contributed by atoms with Crippen molar-refractivity contribution in [1.82, 2.24) is 4.98 Å². The summed E-state index contributed by atoms with van der Waals surface area (Å²) in [5.41, 5.74) is 7.33. The Morgan fingerprint density at radius 2 is 2.38 bits per heavy atom. The topological polar surface area (TPSA) is 56.0 Å². The zero-order valence-electron chi connectivity index (χ0n) is 7.79. The van der Waals surface area contributed by atoms with Gasteiger partial charge in [-0.3, -0.25) is 9.78 Å². The monoisotopic (exact) mass is 178 g/mol. The second kappa shape index (κ2) is 4.60. The van der Waals surface area contributed by atoms with Gasteiger partial charge in [-0.2, -0.15) is 0 Å². The van der Waals surface area contributed by atoms with Gasteiger partial charge in [-0.15, -0.1) is 0 Å². The number of nitrogens with two attached hydrogens (primary N) is 1. The van der Waals surface area contributed by atoms with Gasteiger partial charge >= 0.3 is 0 Å². The van der Waals surface area contributed by atoms with Crippen LogP contribution in [0.5, 0.6) is 0 Å². The van der Waals surface area contributed by atoms with Crippen LogP contribution in [-0.4, -0.2) is 10.9 Å². The Balaban J connectivity index is 0.000000130. The van der Waals surface area contributed by atoms with Crippen molar-refractivity contribution in [3.63, 3.8) is 0 Å². The Morgan fingerprint density at radius 3 is 2.54 bits per heavy atom. The Morgan fingerprint density at radius 1 is 1.62 bits per heavy atom. The van der Waals surface area contributed by atoms with Crippen LogP contribution in [0.15, 0.2) is 18.3 Å². The molecule has 3 heteroatoms. The van der Waals surface area contributed by atoms with Crippen LogP contribution in [0.3, 0.4) is 0 Å². The van der Waals surface area contributed by atoms with E-state index in [1.54, 1.807) is 0 Å². The molecule has 0 aromatic rings. The first-order chi connectivity index (χ1) is 6.24. The molecule has 0 aromatic heterocycles. The summed E-state index contributed by atoms with van der Waals surface area (Å²) >= 11 is 0. The third kappa shape index (κ3) is 3.69. The number of pyridine rings is 1. The number of aromatic nitrogens is 1. The molecule has 0 fully saturated rings. The zero-order chi connectivity index (χ0) is 9.68. The molecule has 2 N–H and O–H groups in total. The standard InChI is InChI=1S/C5H11NO.C5H3N/c1-2-3-4-5(6)7;1-2-6-5-3-4(1)5/h2-4H2,1H3,(H2,6,7);1-3H. The van der Waals surface area contributed by atoms with Crippen LogP contribution in [-0.2, 0) is 4.79 Å². The highest BCUT2D eigenvalue weighted by Crippen LogP contribution is 2.29. The fraction of sp³-hybridized carbons (Fsp3) is 0.400. The second-order valence-electron chi connectivity index (χ2n) is 3.00. The van der Waals surface area contributed by atoms with Crippen LogP contribution in [0, 0.1) is 0 Å².